The number of aromatic carboxylic acids is 1. The van der Waals surface area contributed by atoms with E-state index in [0.717, 1.165) is 22.9 Å². The van der Waals surface area contributed by atoms with Gasteiger partial charge in [0.2, 0.25) is 0 Å². The minimum atomic E-state index is -1.25. The number of thiocarbonyl (C=S) groups is 1. The molecule has 0 bridgehead atoms. The van der Waals surface area contributed by atoms with Crippen LogP contribution in [0.5, 0.6) is 11.5 Å². The maximum absolute atomic E-state index is 12.9. The second kappa shape index (κ2) is 7.42. The van der Waals surface area contributed by atoms with E-state index in [0.29, 0.717) is 20.7 Å². The maximum atomic E-state index is 12.9. The van der Waals surface area contributed by atoms with Gasteiger partial charge in [-0.3, -0.25) is 9.69 Å². The molecule has 0 aliphatic carbocycles. The van der Waals surface area contributed by atoms with Gasteiger partial charge in [0.25, 0.3) is 5.91 Å². The van der Waals surface area contributed by atoms with E-state index in [2.05, 4.69) is 0 Å². The predicted octanol–water partition coefficient (Wildman–Crippen LogP) is 3.89. The lowest BCUT2D eigenvalue weighted by atomic mass is 10.1. The third-order valence-electron chi connectivity index (χ3n) is 4.10. The third-order valence-corrected chi connectivity index (χ3v) is 5.58. The maximum Gasteiger partial charge on any atom is 0.339 e. The molecule has 0 spiro atoms. The number of amides is 1. The summed E-state index contributed by atoms with van der Waals surface area (Å²) < 4.78 is 5.45. The van der Waals surface area contributed by atoms with Gasteiger partial charge in [-0.15, -0.1) is 0 Å². The highest BCUT2D eigenvalue weighted by Gasteiger charge is 2.35. The molecule has 0 aromatic heterocycles. The van der Waals surface area contributed by atoms with Crippen molar-refractivity contribution < 1.29 is 24.5 Å². The predicted molar refractivity (Wildman–Crippen MR) is 108 cm³/mol. The zero-order valence-corrected chi connectivity index (χ0v) is 16.1. The molecule has 1 aliphatic heterocycles. The average molecular weight is 401 g/mol. The van der Waals surface area contributed by atoms with Crippen LogP contribution in [0.3, 0.4) is 0 Å². The smallest absolute Gasteiger partial charge is 0.339 e. The minimum absolute atomic E-state index is 0.242. The normalized spacial score (nSPS) is 15.9. The van der Waals surface area contributed by atoms with Crippen LogP contribution in [0.1, 0.15) is 22.8 Å². The number of hydrogen-bond donors (Lipinski definition) is 2. The third kappa shape index (κ3) is 3.54. The molecule has 3 rings (SSSR count). The van der Waals surface area contributed by atoms with Gasteiger partial charge >= 0.3 is 5.97 Å². The zero-order valence-electron chi connectivity index (χ0n) is 14.4. The Morgan fingerprint density at radius 3 is 2.41 bits per heavy atom. The van der Waals surface area contributed by atoms with E-state index in [1.54, 1.807) is 7.11 Å². The van der Waals surface area contributed by atoms with Gasteiger partial charge in [-0.1, -0.05) is 36.1 Å². The van der Waals surface area contributed by atoms with E-state index >= 15 is 0 Å². The number of hydrogen-bond acceptors (Lipinski definition) is 6. The Morgan fingerprint density at radius 2 is 1.85 bits per heavy atom. The van der Waals surface area contributed by atoms with Crippen LogP contribution in [0.15, 0.2) is 47.4 Å². The number of rotatable bonds is 4. The summed E-state index contributed by atoms with van der Waals surface area (Å²) in [4.78, 5) is 25.7. The number of carbonyl (C=O) groups is 2. The molecule has 0 atom stereocenters. The molecule has 2 aromatic rings. The van der Waals surface area contributed by atoms with Crippen molar-refractivity contribution in [2.24, 2.45) is 0 Å². The molecular formula is C19H15NO5S2. The van der Waals surface area contributed by atoms with Gasteiger partial charge < -0.3 is 14.9 Å². The van der Waals surface area contributed by atoms with Gasteiger partial charge in [-0.2, -0.15) is 0 Å². The highest BCUT2D eigenvalue weighted by molar-refractivity contribution is 8.27. The first-order chi connectivity index (χ1) is 12.8. The summed E-state index contributed by atoms with van der Waals surface area (Å²) in [5, 5.41) is 18.9. The van der Waals surface area contributed by atoms with Crippen molar-refractivity contribution in [2.75, 3.05) is 12.0 Å². The van der Waals surface area contributed by atoms with E-state index < -0.39 is 11.7 Å². The van der Waals surface area contributed by atoms with Gasteiger partial charge in [-0.25, -0.2) is 4.79 Å². The number of anilines is 1. The molecule has 0 unspecified atom stereocenters. The number of thioether (sulfide) groups is 1. The number of aromatic hydroxyl groups is 1. The van der Waals surface area contributed by atoms with E-state index in [-0.39, 0.29) is 11.5 Å². The Labute approximate surface area is 165 Å². The summed E-state index contributed by atoms with van der Waals surface area (Å²) in [5.74, 6) is -1.28. The van der Waals surface area contributed by atoms with E-state index in [9.17, 15) is 14.7 Å². The fraction of sp³-hybridized carbons (Fsp3) is 0.105. The molecule has 0 saturated carbocycles. The number of nitrogens with zero attached hydrogens (tertiary/aromatic N) is 1. The molecule has 0 radical (unpaired) electrons. The Balaban J connectivity index is 1.97. The van der Waals surface area contributed by atoms with Crippen molar-refractivity contribution in [1.29, 1.82) is 0 Å². The fourth-order valence-electron chi connectivity index (χ4n) is 2.63. The summed E-state index contributed by atoms with van der Waals surface area (Å²) in [6.45, 7) is 1.83. The highest BCUT2D eigenvalue weighted by Crippen LogP contribution is 2.40. The number of ether oxygens (including phenoxy) is 1. The van der Waals surface area contributed by atoms with Crippen LogP contribution in [-0.4, -0.2) is 33.5 Å². The standard InChI is InChI=1S/C19H15NO5S2/c1-10(11-3-6-13(25-2)7-4-11)16-17(22)20(19(26)27-16)12-5-8-14(18(23)24)15(21)9-12/h3-9,21H,1-2H3,(H,23,24). The average Bonchev–Trinajstić information content (AvgIpc) is 2.95. The minimum Gasteiger partial charge on any atom is -0.507 e. The van der Waals surface area contributed by atoms with Crippen molar-refractivity contribution in [3.05, 3.63) is 58.5 Å². The summed E-state index contributed by atoms with van der Waals surface area (Å²) in [7, 11) is 1.58. The van der Waals surface area contributed by atoms with Crippen LogP contribution in [0, 0.1) is 0 Å². The Bertz CT molecular complexity index is 982. The van der Waals surface area contributed by atoms with Gasteiger partial charge in [0.05, 0.1) is 17.7 Å². The number of carboxylic acid groups (broad SMARTS) is 1. The second-order valence-electron chi connectivity index (χ2n) is 5.70. The number of allylic oxidation sites excluding steroid dienone is 1. The van der Waals surface area contributed by atoms with Gasteiger partial charge in [0, 0.05) is 6.07 Å². The molecule has 8 heteroatoms. The molecule has 1 aliphatic rings. The zero-order chi connectivity index (χ0) is 19.7. The number of benzene rings is 2. The summed E-state index contributed by atoms with van der Waals surface area (Å²) in [6.07, 6.45) is 0. The van der Waals surface area contributed by atoms with E-state index in [1.807, 2.05) is 31.2 Å². The number of carbonyl (C=O) groups excluding carboxylic acids is 1. The van der Waals surface area contributed by atoms with Gasteiger partial charge in [0.1, 0.15) is 17.1 Å². The Morgan fingerprint density at radius 1 is 1.19 bits per heavy atom. The summed E-state index contributed by atoms with van der Waals surface area (Å²) in [6, 6.07) is 11.2. The number of phenols is 1. The number of methoxy groups -OCH3 is 1. The second-order valence-corrected chi connectivity index (χ2v) is 7.34. The topological polar surface area (TPSA) is 87.1 Å². The van der Waals surface area contributed by atoms with Crippen LogP contribution in [0.4, 0.5) is 5.69 Å². The lowest BCUT2D eigenvalue weighted by molar-refractivity contribution is -0.113. The summed E-state index contributed by atoms with van der Waals surface area (Å²) in [5.41, 5.74) is 1.70. The molecule has 6 nitrogen and oxygen atoms in total. The van der Waals surface area contributed by atoms with Crippen LogP contribution < -0.4 is 9.64 Å². The number of carboxylic acids is 1. The molecule has 138 valence electrons. The molecule has 1 heterocycles. The van der Waals surface area contributed by atoms with Crippen molar-refractivity contribution in [3.63, 3.8) is 0 Å². The molecular weight excluding hydrogens is 386 g/mol. The SMILES string of the molecule is COc1ccc(C(C)=C2SC(=S)N(c3ccc(C(=O)O)c(O)c3)C2=O)cc1. The lowest BCUT2D eigenvalue weighted by Gasteiger charge is -2.15. The van der Waals surface area contributed by atoms with Crippen molar-refractivity contribution in [3.8, 4) is 11.5 Å². The van der Waals surface area contributed by atoms with Gasteiger partial charge in [-0.05, 0) is 42.3 Å². The first-order valence-electron chi connectivity index (χ1n) is 7.81. The highest BCUT2D eigenvalue weighted by atomic mass is 32.2. The van der Waals surface area contributed by atoms with Crippen molar-refractivity contribution >= 4 is 51.4 Å². The molecule has 27 heavy (non-hydrogen) atoms. The summed E-state index contributed by atoms with van der Waals surface area (Å²) >= 11 is 6.49. The first-order valence-corrected chi connectivity index (χ1v) is 9.04. The monoisotopic (exact) mass is 401 g/mol. The largest absolute Gasteiger partial charge is 0.507 e. The fourth-order valence-corrected chi connectivity index (χ4v) is 3.97. The van der Waals surface area contributed by atoms with E-state index in [1.165, 1.54) is 23.1 Å². The van der Waals surface area contributed by atoms with Crippen LogP contribution in [-0.2, 0) is 4.79 Å². The molecule has 1 amide bonds. The first kappa shape index (κ1) is 18.9. The van der Waals surface area contributed by atoms with Crippen LogP contribution >= 0.6 is 24.0 Å². The van der Waals surface area contributed by atoms with E-state index in [4.69, 9.17) is 22.1 Å². The van der Waals surface area contributed by atoms with Crippen molar-refractivity contribution in [2.45, 2.75) is 6.92 Å². The molecule has 1 fully saturated rings. The molecule has 2 N–H and O–H groups in total. The molecule has 1 saturated heterocycles. The Kier molecular flexibility index (Phi) is 5.20. The molecule has 2 aromatic carbocycles. The van der Waals surface area contributed by atoms with Crippen molar-refractivity contribution in [1.82, 2.24) is 0 Å². The van der Waals surface area contributed by atoms with Crippen LogP contribution in [0.2, 0.25) is 0 Å². The lowest BCUT2D eigenvalue weighted by Crippen LogP contribution is -2.27. The Hall–Kier alpha value is -2.84. The van der Waals surface area contributed by atoms with Crippen LogP contribution in [0.25, 0.3) is 5.57 Å². The quantitative estimate of drug-likeness (QED) is 0.593. The van der Waals surface area contributed by atoms with Gasteiger partial charge in [0.15, 0.2) is 4.32 Å².